The fraction of sp³-hybridized carbons (Fsp3) is 0.440. The number of anilines is 2. The molecular weight excluding hydrogens is 599 g/mol. The Morgan fingerprint density at radius 2 is 1.53 bits per heavy atom. The quantitative estimate of drug-likeness (QED) is 0.279. The first kappa shape index (κ1) is 28.4. The average Bonchev–Trinajstić information content (AvgIpc) is 2.85. The lowest BCUT2D eigenvalue weighted by molar-refractivity contribution is -0.126. The number of hydrogen-bond acceptors (Lipinski definition) is 6. The minimum absolute atomic E-state index is 0.156. The minimum Gasteiger partial charge on any atom is -0.449 e. The summed E-state index contributed by atoms with van der Waals surface area (Å²) in [4.78, 5) is 26.3. The molecule has 2 aromatic carbocycles. The van der Waals surface area contributed by atoms with Crippen molar-refractivity contribution in [3.63, 3.8) is 0 Å². The Morgan fingerprint density at radius 3 is 2.14 bits per heavy atom. The van der Waals surface area contributed by atoms with E-state index in [0.717, 1.165) is 40.6 Å². The topological polar surface area (TPSA) is 122 Å². The zero-order valence-electron chi connectivity index (χ0n) is 19.8. The zero-order chi connectivity index (χ0) is 26.0. The van der Waals surface area contributed by atoms with Gasteiger partial charge in [-0.2, -0.15) is 8.42 Å². The monoisotopic (exact) mass is 630 g/mol. The lowest BCUT2D eigenvalue weighted by Crippen LogP contribution is -2.33. The van der Waals surface area contributed by atoms with Gasteiger partial charge in [0, 0.05) is 10.1 Å². The van der Waals surface area contributed by atoms with Gasteiger partial charge in [0.1, 0.15) is 6.61 Å². The Morgan fingerprint density at radius 1 is 0.944 bits per heavy atom. The predicted molar refractivity (Wildman–Crippen MR) is 145 cm³/mol. The second-order valence-corrected chi connectivity index (χ2v) is 11.6. The van der Waals surface area contributed by atoms with Crippen LogP contribution in [-0.4, -0.2) is 57.1 Å². The number of ether oxygens (including phenoxy) is 2. The molecule has 0 unspecified atom stereocenters. The third-order valence-electron chi connectivity index (χ3n) is 5.96. The molecule has 0 saturated heterocycles. The maximum Gasteiger partial charge on any atom is 0.418 e. The molecule has 2 N–H and O–H groups in total. The summed E-state index contributed by atoms with van der Waals surface area (Å²) in [5.41, 5.74) is 1.49. The van der Waals surface area contributed by atoms with Crippen molar-refractivity contribution in [1.82, 2.24) is 5.32 Å². The average molecular weight is 631 g/mol. The van der Waals surface area contributed by atoms with Crippen molar-refractivity contribution in [3.8, 4) is 0 Å². The molecule has 0 radical (unpaired) electrons. The molecule has 2 amide bonds. The van der Waals surface area contributed by atoms with Gasteiger partial charge in [0.2, 0.25) is 5.91 Å². The number of amides is 2. The summed E-state index contributed by atoms with van der Waals surface area (Å²) in [6, 6.07) is 17.1. The van der Waals surface area contributed by atoms with Gasteiger partial charge in [-0.1, -0.05) is 18.2 Å². The molecule has 11 heteroatoms. The first-order valence-electron chi connectivity index (χ1n) is 11.8. The van der Waals surface area contributed by atoms with Gasteiger partial charge in [-0.15, -0.1) is 0 Å². The van der Waals surface area contributed by atoms with Gasteiger partial charge >= 0.3 is 6.09 Å². The number of nitrogens with zero attached hydrogens (tertiary/aromatic N) is 1. The fourth-order valence-electron chi connectivity index (χ4n) is 4.03. The van der Waals surface area contributed by atoms with E-state index in [1.165, 1.54) is 0 Å². The van der Waals surface area contributed by atoms with E-state index in [-0.39, 0.29) is 19.1 Å². The Kier molecular flexibility index (Phi) is 11.0. The summed E-state index contributed by atoms with van der Waals surface area (Å²) in [6.07, 6.45) is 3.21. The predicted octanol–water partition coefficient (Wildman–Crippen LogP) is 4.39. The molecule has 1 aliphatic carbocycles. The molecule has 36 heavy (non-hydrogen) atoms. The maximum atomic E-state index is 13.1. The van der Waals surface area contributed by atoms with Crippen molar-refractivity contribution in [1.29, 1.82) is 0 Å². The number of carbonyl (C=O) groups is 2. The van der Waals surface area contributed by atoms with Gasteiger partial charge in [0.15, 0.2) is 0 Å². The van der Waals surface area contributed by atoms with E-state index in [4.69, 9.17) is 14.0 Å². The van der Waals surface area contributed by atoms with E-state index >= 15 is 0 Å². The standard InChI is InChI=1S/C25H31IN2O7S/c26-21-10-12-23(13-11-21)28(22-4-2-1-3-5-22)25(30)35-17-20-8-6-19(7-9-20)16-34-18-24(29)27-14-15-36(31,32)33/h1-5,10-13,19-20H,6-9,14-18H2,(H,27,29)(H,31,32,33)/t19-,20-. The highest BCUT2D eigenvalue weighted by molar-refractivity contribution is 14.1. The summed E-state index contributed by atoms with van der Waals surface area (Å²) in [7, 11) is -4.10. The van der Waals surface area contributed by atoms with E-state index in [0.29, 0.717) is 19.1 Å². The molecule has 0 heterocycles. The molecule has 0 atom stereocenters. The van der Waals surface area contributed by atoms with Crippen LogP contribution in [0.4, 0.5) is 16.2 Å². The maximum absolute atomic E-state index is 13.1. The number of rotatable bonds is 11. The smallest absolute Gasteiger partial charge is 0.418 e. The van der Waals surface area contributed by atoms with Crippen LogP contribution in [0, 0.1) is 15.4 Å². The van der Waals surface area contributed by atoms with Crippen molar-refractivity contribution in [3.05, 3.63) is 58.2 Å². The van der Waals surface area contributed by atoms with Crippen molar-refractivity contribution < 1.29 is 32.0 Å². The Hall–Kier alpha value is -2.22. The first-order chi connectivity index (χ1) is 17.2. The molecule has 1 aliphatic rings. The van der Waals surface area contributed by atoms with Gasteiger partial charge in [0.05, 0.1) is 30.3 Å². The number of nitrogens with one attached hydrogen (secondary N) is 1. The Labute approximate surface area is 225 Å². The van der Waals surface area contributed by atoms with Crippen LogP contribution in [-0.2, 0) is 24.4 Å². The van der Waals surface area contributed by atoms with Gasteiger partial charge < -0.3 is 14.8 Å². The third kappa shape index (κ3) is 9.68. The molecule has 3 rings (SSSR count). The van der Waals surface area contributed by atoms with E-state index in [1.54, 1.807) is 4.90 Å². The van der Waals surface area contributed by atoms with E-state index in [9.17, 15) is 18.0 Å². The second-order valence-electron chi connectivity index (χ2n) is 8.76. The second kappa shape index (κ2) is 13.9. The van der Waals surface area contributed by atoms with E-state index < -0.39 is 27.9 Å². The van der Waals surface area contributed by atoms with Crippen LogP contribution >= 0.6 is 22.6 Å². The largest absolute Gasteiger partial charge is 0.449 e. The van der Waals surface area contributed by atoms with Gasteiger partial charge in [-0.25, -0.2) is 9.69 Å². The number of carbonyl (C=O) groups excluding carboxylic acids is 2. The highest BCUT2D eigenvalue weighted by Crippen LogP contribution is 2.31. The van der Waals surface area contributed by atoms with Crippen molar-refractivity contribution in [2.45, 2.75) is 25.7 Å². The van der Waals surface area contributed by atoms with Gasteiger partial charge in [0.25, 0.3) is 10.1 Å². The molecule has 0 aliphatic heterocycles. The molecule has 0 spiro atoms. The SMILES string of the molecule is O=C(COC[C@H]1CC[C@H](COC(=O)N(c2ccccc2)c2ccc(I)cc2)CC1)NCCS(=O)(=O)O. The van der Waals surface area contributed by atoms with Crippen LogP contribution < -0.4 is 10.2 Å². The normalized spacial score (nSPS) is 17.8. The molecule has 196 valence electrons. The zero-order valence-corrected chi connectivity index (χ0v) is 22.8. The molecule has 1 saturated carbocycles. The van der Waals surface area contributed by atoms with Crippen LogP contribution in [0.25, 0.3) is 0 Å². The van der Waals surface area contributed by atoms with Crippen molar-refractivity contribution >= 4 is 56.1 Å². The Balaban J connectivity index is 1.40. The summed E-state index contributed by atoms with van der Waals surface area (Å²) in [5.74, 6) is -0.366. The fourth-order valence-corrected chi connectivity index (χ4v) is 4.75. The van der Waals surface area contributed by atoms with Crippen LogP contribution in [0.3, 0.4) is 0 Å². The molecular formula is C25H31IN2O7S. The number of halogens is 1. The lowest BCUT2D eigenvalue weighted by atomic mass is 9.83. The summed E-state index contributed by atoms with van der Waals surface area (Å²) >= 11 is 2.23. The summed E-state index contributed by atoms with van der Waals surface area (Å²) in [5, 5.41) is 2.39. The highest BCUT2D eigenvalue weighted by Gasteiger charge is 2.25. The van der Waals surface area contributed by atoms with E-state index in [2.05, 4.69) is 27.9 Å². The van der Waals surface area contributed by atoms with Gasteiger partial charge in [-0.3, -0.25) is 9.35 Å². The van der Waals surface area contributed by atoms with Crippen LogP contribution in [0.5, 0.6) is 0 Å². The molecule has 0 bridgehead atoms. The van der Waals surface area contributed by atoms with Crippen LogP contribution in [0.1, 0.15) is 25.7 Å². The molecule has 1 fully saturated rings. The number of hydrogen-bond donors (Lipinski definition) is 2. The third-order valence-corrected chi connectivity index (χ3v) is 7.40. The summed E-state index contributed by atoms with van der Waals surface area (Å²) < 4.78 is 42.3. The van der Waals surface area contributed by atoms with Crippen molar-refractivity contribution in [2.24, 2.45) is 11.8 Å². The lowest BCUT2D eigenvalue weighted by Gasteiger charge is -2.29. The minimum atomic E-state index is -4.10. The summed E-state index contributed by atoms with van der Waals surface area (Å²) in [6.45, 7) is 0.468. The molecule has 9 nitrogen and oxygen atoms in total. The van der Waals surface area contributed by atoms with Crippen LogP contribution in [0.15, 0.2) is 54.6 Å². The first-order valence-corrected chi connectivity index (χ1v) is 14.5. The van der Waals surface area contributed by atoms with Crippen molar-refractivity contribution in [2.75, 3.05) is 37.0 Å². The van der Waals surface area contributed by atoms with E-state index in [1.807, 2.05) is 54.6 Å². The van der Waals surface area contributed by atoms with Gasteiger partial charge in [-0.05, 0) is 96.5 Å². The molecule has 2 aromatic rings. The number of benzene rings is 2. The number of para-hydroxylation sites is 1. The molecule has 0 aromatic heterocycles. The van der Waals surface area contributed by atoms with Crippen LogP contribution in [0.2, 0.25) is 0 Å². The Bertz CT molecular complexity index is 1090. The highest BCUT2D eigenvalue weighted by atomic mass is 127.